The summed E-state index contributed by atoms with van der Waals surface area (Å²) in [5.41, 5.74) is 3.94. The van der Waals surface area contributed by atoms with Gasteiger partial charge in [0.25, 0.3) is 5.91 Å². The number of carbonyl (C=O) groups is 1. The van der Waals surface area contributed by atoms with E-state index in [2.05, 4.69) is 5.32 Å². The summed E-state index contributed by atoms with van der Waals surface area (Å²) >= 11 is 12.6. The van der Waals surface area contributed by atoms with Crippen molar-refractivity contribution in [3.05, 3.63) is 63.0 Å². The fourth-order valence-electron chi connectivity index (χ4n) is 2.40. The summed E-state index contributed by atoms with van der Waals surface area (Å²) < 4.78 is 6.44. The number of hydrogen-bond donors (Lipinski definition) is 1. The molecule has 1 aliphatic heterocycles. The Kier molecular flexibility index (Phi) is 5.52. The Bertz CT molecular complexity index is 899. The molecule has 1 N–H and O–H groups in total. The minimum absolute atomic E-state index is 0.177. The smallest absolute Gasteiger partial charge is 0.263 e. The van der Waals surface area contributed by atoms with Crippen LogP contribution < -0.4 is 15.5 Å². The Morgan fingerprint density at radius 3 is 2.80 bits per heavy atom. The Balaban J connectivity index is 1.85. The molecule has 0 saturated carbocycles. The second-order valence-electron chi connectivity index (χ2n) is 5.78. The second kappa shape index (κ2) is 7.64. The predicted molar refractivity (Wildman–Crippen MR) is 111 cm³/mol. The molecule has 126 valence electrons. The van der Waals surface area contributed by atoms with Crippen LogP contribution in [-0.4, -0.2) is 18.1 Å². The van der Waals surface area contributed by atoms with Crippen molar-refractivity contribution >= 4 is 65.2 Å². The normalized spacial score (nSPS) is 15.5. The lowest BCUT2D eigenvalue weighted by Gasteiger charge is -2.12. The zero-order chi connectivity index (χ0) is 18.0. The maximum atomic E-state index is 11.9. The van der Waals surface area contributed by atoms with Gasteiger partial charge < -0.3 is 10.1 Å². The van der Waals surface area contributed by atoms with Gasteiger partial charge in [0.05, 0.1) is 4.91 Å². The number of nitrogens with one attached hydrogen (secondary N) is 1. The number of carbonyl (C=O) groups excluding carboxylic acids is 1. The largest absolute Gasteiger partial charge is 0.488 e. The van der Waals surface area contributed by atoms with E-state index >= 15 is 0 Å². The Labute approximate surface area is 162 Å². The number of hydrogen-bond acceptors (Lipinski definition) is 4. The van der Waals surface area contributed by atoms with Crippen LogP contribution in [0.25, 0.3) is 6.08 Å². The maximum absolute atomic E-state index is 11.9. The highest BCUT2D eigenvalue weighted by Gasteiger charge is 2.22. The molecular weight excluding hydrogens is 373 g/mol. The third-order valence-corrected chi connectivity index (χ3v) is 5.20. The van der Waals surface area contributed by atoms with Crippen LogP contribution in [0.5, 0.6) is 5.75 Å². The molecule has 0 unspecified atom stereocenters. The van der Waals surface area contributed by atoms with Gasteiger partial charge in [-0.1, -0.05) is 65.3 Å². The number of amides is 1. The molecule has 0 aromatic heterocycles. The highest BCUT2D eigenvalue weighted by atomic mass is 35.5. The molecule has 2 aromatic carbocycles. The van der Waals surface area contributed by atoms with E-state index in [-0.39, 0.29) is 5.91 Å². The number of aryl methyl sites for hydroxylation is 1. The molecule has 1 amide bonds. The molecule has 7 heteroatoms. The standard InChI is InChI=1S/C18H15BClNO2S2/c1-10-2-3-11(14(20)6-10)9-23-15-5-4-13(19)7-12(15)8-16-17(22)21-18(24)25-16/h2-8H,9,19H2,1H3,(H,21,22,24)/b16-8-. The third-order valence-electron chi connectivity index (χ3n) is 3.69. The molecule has 0 bridgehead atoms. The van der Waals surface area contributed by atoms with Crippen LogP contribution in [0.3, 0.4) is 0 Å². The molecule has 2 aromatic rings. The zero-order valence-electron chi connectivity index (χ0n) is 13.8. The first kappa shape index (κ1) is 18.0. The van der Waals surface area contributed by atoms with E-state index in [4.69, 9.17) is 28.6 Å². The summed E-state index contributed by atoms with van der Waals surface area (Å²) in [6, 6.07) is 11.7. The van der Waals surface area contributed by atoms with Gasteiger partial charge in [0, 0.05) is 16.1 Å². The molecule has 3 nitrogen and oxygen atoms in total. The third kappa shape index (κ3) is 4.45. The maximum Gasteiger partial charge on any atom is 0.263 e. The van der Waals surface area contributed by atoms with Crippen molar-refractivity contribution in [3.8, 4) is 5.75 Å². The van der Waals surface area contributed by atoms with Crippen molar-refractivity contribution in [1.82, 2.24) is 5.32 Å². The van der Waals surface area contributed by atoms with Gasteiger partial charge in [0.2, 0.25) is 0 Å². The van der Waals surface area contributed by atoms with E-state index in [0.717, 1.165) is 22.2 Å². The summed E-state index contributed by atoms with van der Waals surface area (Å²) in [5, 5.41) is 3.30. The number of ether oxygens (including phenoxy) is 1. The number of benzene rings is 2. The summed E-state index contributed by atoms with van der Waals surface area (Å²) in [7, 11) is 2.00. The molecule has 0 aliphatic carbocycles. The Morgan fingerprint density at radius 2 is 2.12 bits per heavy atom. The van der Waals surface area contributed by atoms with Crippen LogP contribution in [0.4, 0.5) is 0 Å². The lowest BCUT2D eigenvalue weighted by atomic mass is 9.94. The van der Waals surface area contributed by atoms with Crippen LogP contribution in [0.1, 0.15) is 16.7 Å². The number of thiocarbonyl (C=S) groups is 1. The predicted octanol–water partition coefficient (Wildman–Crippen LogP) is 2.97. The number of rotatable bonds is 4. The van der Waals surface area contributed by atoms with E-state index < -0.39 is 0 Å². The first-order valence-corrected chi connectivity index (χ1v) is 9.26. The van der Waals surface area contributed by atoms with Gasteiger partial charge in [0.15, 0.2) is 0 Å². The first-order chi connectivity index (χ1) is 11.9. The van der Waals surface area contributed by atoms with Crippen molar-refractivity contribution in [2.24, 2.45) is 0 Å². The topological polar surface area (TPSA) is 38.3 Å². The van der Waals surface area contributed by atoms with Crippen molar-refractivity contribution in [1.29, 1.82) is 0 Å². The zero-order valence-corrected chi connectivity index (χ0v) is 16.1. The highest BCUT2D eigenvalue weighted by Crippen LogP contribution is 2.29. The van der Waals surface area contributed by atoms with Gasteiger partial charge in [-0.3, -0.25) is 4.79 Å². The van der Waals surface area contributed by atoms with Gasteiger partial charge in [-0.15, -0.1) is 0 Å². The summed E-state index contributed by atoms with van der Waals surface area (Å²) in [4.78, 5) is 12.5. The molecule has 3 rings (SSSR count). The molecule has 1 fully saturated rings. The van der Waals surface area contributed by atoms with E-state index in [9.17, 15) is 4.79 Å². The van der Waals surface area contributed by atoms with Crippen LogP contribution >= 0.6 is 35.6 Å². The Morgan fingerprint density at radius 1 is 1.32 bits per heavy atom. The fourth-order valence-corrected chi connectivity index (χ4v) is 3.72. The molecule has 0 atom stereocenters. The minimum Gasteiger partial charge on any atom is -0.488 e. The van der Waals surface area contributed by atoms with Gasteiger partial charge >= 0.3 is 0 Å². The van der Waals surface area contributed by atoms with Gasteiger partial charge in [-0.2, -0.15) is 0 Å². The fraction of sp³-hybridized carbons (Fsp3) is 0.111. The molecule has 1 saturated heterocycles. The van der Waals surface area contributed by atoms with E-state index in [1.807, 2.05) is 51.2 Å². The SMILES string of the molecule is Bc1ccc(OCc2ccc(C)cc2Cl)c(/C=C2\SC(=S)NC2=O)c1. The van der Waals surface area contributed by atoms with Crippen LogP contribution in [0, 0.1) is 6.92 Å². The van der Waals surface area contributed by atoms with Crippen molar-refractivity contribution in [2.75, 3.05) is 0 Å². The average molecular weight is 388 g/mol. The summed E-state index contributed by atoms with van der Waals surface area (Å²) in [6.07, 6.45) is 1.80. The minimum atomic E-state index is -0.177. The molecule has 1 heterocycles. The van der Waals surface area contributed by atoms with E-state index in [1.165, 1.54) is 11.8 Å². The molecule has 25 heavy (non-hydrogen) atoms. The van der Waals surface area contributed by atoms with E-state index in [1.54, 1.807) is 6.08 Å². The van der Waals surface area contributed by atoms with Crippen LogP contribution in [0.2, 0.25) is 5.02 Å². The highest BCUT2D eigenvalue weighted by molar-refractivity contribution is 8.26. The van der Waals surface area contributed by atoms with Crippen molar-refractivity contribution in [3.63, 3.8) is 0 Å². The Hall–Kier alpha value is -1.76. The quantitative estimate of drug-likeness (QED) is 0.497. The van der Waals surface area contributed by atoms with Crippen LogP contribution in [-0.2, 0) is 11.4 Å². The lowest BCUT2D eigenvalue weighted by molar-refractivity contribution is -0.115. The second-order valence-corrected chi connectivity index (χ2v) is 7.90. The number of halogens is 1. The van der Waals surface area contributed by atoms with Gasteiger partial charge in [-0.25, -0.2) is 0 Å². The summed E-state index contributed by atoms with van der Waals surface area (Å²) in [5.74, 6) is 0.519. The van der Waals surface area contributed by atoms with Gasteiger partial charge in [0.1, 0.15) is 24.5 Å². The number of thioether (sulfide) groups is 1. The summed E-state index contributed by atoms with van der Waals surface area (Å²) in [6.45, 7) is 2.35. The molecular formula is C18H15BClNO2S2. The lowest BCUT2D eigenvalue weighted by Crippen LogP contribution is -2.17. The van der Waals surface area contributed by atoms with Gasteiger partial charge in [-0.05, 0) is 30.7 Å². The first-order valence-electron chi connectivity index (χ1n) is 7.66. The van der Waals surface area contributed by atoms with E-state index in [0.29, 0.717) is 26.6 Å². The molecule has 0 spiro atoms. The monoisotopic (exact) mass is 387 g/mol. The molecule has 0 radical (unpaired) electrons. The molecule has 1 aliphatic rings. The van der Waals surface area contributed by atoms with Crippen LogP contribution in [0.15, 0.2) is 41.3 Å². The van der Waals surface area contributed by atoms with Crippen molar-refractivity contribution < 1.29 is 9.53 Å². The average Bonchev–Trinajstić information content (AvgIpc) is 2.85. The van der Waals surface area contributed by atoms with Crippen molar-refractivity contribution in [2.45, 2.75) is 13.5 Å².